The van der Waals surface area contributed by atoms with Crippen LogP contribution in [0.25, 0.3) is 0 Å². The maximum Gasteiger partial charge on any atom is 0.421 e. The number of amides is 2. The van der Waals surface area contributed by atoms with Crippen LogP contribution in [0.2, 0.25) is 0 Å². The minimum absolute atomic E-state index is 0.319. The van der Waals surface area contributed by atoms with E-state index in [2.05, 4.69) is 11.2 Å². The molecule has 0 saturated heterocycles. The summed E-state index contributed by atoms with van der Waals surface area (Å²) in [5.74, 6) is 1.97. The molecular weight excluding hydrogens is 334 g/mol. The molecule has 0 aliphatic heterocycles. The molecule has 1 aromatic carbocycles. The van der Waals surface area contributed by atoms with Crippen LogP contribution in [-0.4, -0.2) is 29.3 Å². The maximum absolute atomic E-state index is 12.6. The van der Waals surface area contributed by atoms with Crippen molar-refractivity contribution in [3.8, 4) is 12.3 Å². The Hall–Kier alpha value is -3.01. The fraction of sp³-hybridized carbons (Fsp3) is 0.421. The van der Waals surface area contributed by atoms with Crippen molar-refractivity contribution >= 4 is 23.8 Å². The lowest BCUT2D eigenvalue weighted by molar-refractivity contribution is 0.0559. The topological polar surface area (TPSA) is 91.7 Å². The third kappa shape index (κ3) is 6.85. The zero-order valence-corrected chi connectivity index (χ0v) is 16.0. The number of terminal acetylenes is 1. The van der Waals surface area contributed by atoms with Crippen molar-refractivity contribution in [3.63, 3.8) is 0 Å². The quantitative estimate of drug-likeness (QED) is 0.452. The highest BCUT2D eigenvalue weighted by molar-refractivity contribution is 6.15. The molecule has 0 bridgehead atoms. The van der Waals surface area contributed by atoms with Crippen LogP contribution in [0.5, 0.6) is 0 Å². The number of alkyl carbamates (subject to hydrolysis) is 1. The van der Waals surface area contributed by atoms with Crippen LogP contribution in [0.1, 0.15) is 47.1 Å². The van der Waals surface area contributed by atoms with Crippen molar-refractivity contribution < 1.29 is 19.1 Å². The van der Waals surface area contributed by atoms with Gasteiger partial charge in [-0.15, -0.1) is 6.42 Å². The SMILES string of the molecule is C#Cc1ccc(N(C(=N)NC(=O)OC(C)(C)C)C(=O)OC(C)(C)C)cc1. The lowest BCUT2D eigenvalue weighted by atomic mass is 10.2. The first-order valence-electron chi connectivity index (χ1n) is 8.01. The Balaban J connectivity index is 3.10. The van der Waals surface area contributed by atoms with Crippen molar-refractivity contribution in [2.24, 2.45) is 0 Å². The summed E-state index contributed by atoms with van der Waals surface area (Å²) < 4.78 is 10.4. The van der Waals surface area contributed by atoms with E-state index >= 15 is 0 Å². The Morgan fingerprint density at radius 3 is 1.96 bits per heavy atom. The number of hydrogen-bond donors (Lipinski definition) is 2. The molecular formula is C19H25N3O4. The molecule has 26 heavy (non-hydrogen) atoms. The molecule has 0 saturated carbocycles. The van der Waals surface area contributed by atoms with Crippen molar-refractivity contribution in [1.82, 2.24) is 5.32 Å². The van der Waals surface area contributed by atoms with E-state index in [0.717, 1.165) is 4.90 Å². The standard InChI is InChI=1S/C19H25N3O4/c1-8-13-9-11-14(12-10-13)22(17(24)26-19(5,6)7)15(20)21-16(23)25-18(2,3)4/h1,9-12H,2-7H3,(H2,20,21,23). The highest BCUT2D eigenvalue weighted by atomic mass is 16.6. The van der Waals surface area contributed by atoms with Gasteiger partial charge in [0.05, 0.1) is 5.69 Å². The molecule has 1 aromatic rings. The van der Waals surface area contributed by atoms with Gasteiger partial charge in [-0.2, -0.15) is 0 Å². The molecule has 0 unspecified atom stereocenters. The van der Waals surface area contributed by atoms with Gasteiger partial charge in [0.1, 0.15) is 11.2 Å². The van der Waals surface area contributed by atoms with E-state index in [-0.39, 0.29) is 0 Å². The minimum atomic E-state index is -0.851. The molecule has 7 heteroatoms. The summed E-state index contributed by atoms with van der Waals surface area (Å²) in [6.45, 7) is 10.2. The molecule has 1 rings (SSSR count). The first-order valence-corrected chi connectivity index (χ1v) is 8.01. The predicted molar refractivity (Wildman–Crippen MR) is 100 cm³/mol. The molecule has 0 fully saturated rings. The Bertz CT molecular complexity index is 719. The van der Waals surface area contributed by atoms with Gasteiger partial charge in [-0.1, -0.05) is 5.92 Å². The first-order chi connectivity index (χ1) is 11.8. The maximum atomic E-state index is 12.6. The molecule has 0 radical (unpaired) electrons. The number of nitrogens with one attached hydrogen (secondary N) is 2. The van der Waals surface area contributed by atoms with Crippen LogP contribution in [-0.2, 0) is 9.47 Å². The van der Waals surface area contributed by atoms with Gasteiger partial charge in [0, 0.05) is 5.56 Å². The summed E-state index contributed by atoms with van der Waals surface area (Å²) in [6.07, 6.45) is 3.67. The zero-order chi connectivity index (χ0) is 20.1. The van der Waals surface area contributed by atoms with Crippen molar-refractivity contribution in [1.29, 1.82) is 5.41 Å². The molecule has 0 atom stereocenters. The first kappa shape index (κ1) is 21.0. The van der Waals surface area contributed by atoms with Crippen LogP contribution in [0, 0.1) is 17.8 Å². The monoisotopic (exact) mass is 359 g/mol. The van der Waals surface area contributed by atoms with E-state index in [1.54, 1.807) is 65.8 Å². The second kappa shape index (κ2) is 7.91. The molecule has 0 aromatic heterocycles. The van der Waals surface area contributed by atoms with Crippen LogP contribution < -0.4 is 10.2 Å². The molecule has 0 spiro atoms. The van der Waals surface area contributed by atoms with Crippen molar-refractivity contribution in [2.75, 3.05) is 4.90 Å². The van der Waals surface area contributed by atoms with Gasteiger partial charge in [0.25, 0.3) is 0 Å². The summed E-state index contributed by atoms with van der Waals surface area (Å²) >= 11 is 0. The smallest absolute Gasteiger partial charge is 0.421 e. The van der Waals surface area contributed by atoms with Gasteiger partial charge in [0.15, 0.2) is 0 Å². The van der Waals surface area contributed by atoms with Crippen molar-refractivity contribution in [3.05, 3.63) is 29.8 Å². The van der Waals surface area contributed by atoms with E-state index < -0.39 is 29.3 Å². The van der Waals surface area contributed by atoms with Crippen LogP contribution in [0.4, 0.5) is 15.3 Å². The Morgan fingerprint density at radius 2 is 1.54 bits per heavy atom. The van der Waals surface area contributed by atoms with Gasteiger partial charge < -0.3 is 9.47 Å². The van der Waals surface area contributed by atoms with E-state index in [1.807, 2.05) is 0 Å². The second-order valence-electron chi connectivity index (χ2n) is 7.48. The van der Waals surface area contributed by atoms with E-state index in [1.165, 1.54) is 0 Å². The predicted octanol–water partition coefficient (Wildman–Crippen LogP) is 3.87. The Morgan fingerprint density at radius 1 is 1.04 bits per heavy atom. The van der Waals surface area contributed by atoms with Gasteiger partial charge >= 0.3 is 12.2 Å². The molecule has 0 aliphatic carbocycles. The molecule has 0 aliphatic rings. The molecule has 140 valence electrons. The van der Waals surface area contributed by atoms with Crippen LogP contribution >= 0.6 is 0 Å². The lowest BCUT2D eigenvalue weighted by Crippen LogP contribution is -2.49. The van der Waals surface area contributed by atoms with Gasteiger partial charge in [0.2, 0.25) is 5.96 Å². The fourth-order valence-electron chi connectivity index (χ4n) is 1.80. The number of carbonyl (C=O) groups excluding carboxylic acids is 2. The third-order valence-corrected chi connectivity index (χ3v) is 2.71. The normalized spacial score (nSPS) is 11.1. The Kier molecular flexibility index (Phi) is 6.40. The number of ether oxygens (including phenoxy) is 2. The van der Waals surface area contributed by atoms with E-state index in [9.17, 15) is 9.59 Å². The summed E-state index contributed by atoms with van der Waals surface area (Å²) in [5.41, 5.74) is -0.584. The van der Waals surface area contributed by atoms with Gasteiger partial charge in [-0.3, -0.25) is 10.7 Å². The number of guanidine groups is 1. The van der Waals surface area contributed by atoms with E-state index in [4.69, 9.17) is 21.3 Å². The number of benzene rings is 1. The van der Waals surface area contributed by atoms with Gasteiger partial charge in [-0.05, 0) is 65.8 Å². The molecule has 2 amide bonds. The number of anilines is 1. The fourth-order valence-corrected chi connectivity index (χ4v) is 1.80. The lowest BCUT2D eigenvalue weighted by Gasteiger charge is -2.28. The Labute approximate surface area is 154 Å². The molecule has 2 N–H and O–H groups in total. The largest absolute Gasteiger partial charge is 0.444 e. The summed E-state index contributed by atoms with van der Waals surface area (Å²) in [4.78, 5) is 25.4. The average Bonchev–Trinajstić information content (AvgIpc) is 2.44. The third-order valence-electron chi connectivity index (χ3n) is 2.71. The number of carbonyl (C=O) groups is 2. The number of hydrogen-bond acceptors (Lipinski definition) is 5. The number of rotatable bonds is 1. The summed E-state index contributed by atoms with van der Waals surface area (Å²) in [7, 11) is 0. The van der Waals surface area contributed by atoms with E-state index in [0.29, 0.717) is 11.3 Å². The van der Waals surface area contributed by atoms with Crippen LogP contribution in [0.15, 0.2) is 24.3 Å². The highest BCUT2D eigenvalue weighted by Crippen LogP contribution is 2.19. The highest BCUT2D eigenvalue weighted by Gasteiger charge is 2.28. The van der Waals surface area contributed by atoms with Crippen molar-refractivity contribution in [2.45, 2.75) is 52.7 Å². The van der Waals surface area contributed by atoms with Gasteiger partial charge in [-0.25, -0.2) is 14.5 Å². The molecule has 0 heterocycles. The number of nitrogens with zero attached hydrogens (tertiary/aromatic N) is 1. The zero-order valence-electron chi connectivity index (χ0n) is 16.0. The summed E-state index contributed by atoms with van der Waals surface area (Å²) in [6, 6.07) is 6.36. The minimum Gasteiger partial charge on any atom is -0.444 e. The van der Waals surface area contributed by atoms with Crippen LogP contribution in [0.3, 0.4) is 0 Å². The average molecular weight is 359 g/mol. The summed E-state index contributed by atoms with van der Waals surface area (Å²) in [5, 5.41) is 10.4. The molecule has 7 nitrogen and oxygen atoms in total. The second-order valence-corrected chi connectivity index (χ2v) is 7.48.